The molecule has 310 valence electrons. The number of alkyl halides is 2. The van der Waals surface area contributed by atoms with Gasteiger partial charge in [-0.25, -0.2) is 9.59 Å². The number of nitrogens with zero attached hydrogens (tertiary/aromatic N) is 1. The van der Waals surface area contributed by atoms with E-state index < -0.39 is 0 Å². The molecule has 4 heterocycles. The van der Waals surface area contributed by atoms with E-state index in [4.69, 9.17) is 42.3 Å². The van der Waals surface area contributed by atoms with Gasteiger partial charge in [-0.15, -0.1) is 23.2 Å². The van der Waals surface area contributed by atoms with Crippen molar-refractivity contribution in [3.05, 3.63) is 59.7 Å². The Morgan fingerprint density at radius 1 is 0.727 bits per heavy atom. The molecule has 6 rings (SSSR count). The lowest BCUT2D eigenvalue weighted by molar-refractivity contribution is -0.191. The largest absolute Gasteiger partial charge is 0.381 e. The highest BCUT2D eigenvalue weighted by molar-refractivity contribution is 6.40. The summed E-state index contributed by atoms with van der Waals surface area (Å²) in [5.41, 5.74) is 3.97. The SMILES string of the molecule is C.C1CCOCC1.Cc1ccc(NC(=O)NC2CCN(C(=O)C3CCCOC3)CC2)cc1.Cc1ccc(NC(=O)NC2CCNCC2)cc1.ClCCl.O=C=O.[2HH]. The van der Waals surface area contributed by atoms with E-state index in [2.05, 4.69) is 26.6 Å². The van der Waals surface area contributed by atoms with Gasteiger partial charge in [0.15, 0.2) is 0 Å². The van der Waals surface area contributed by atoms with Gasteiger partial charge in [-0.05, 0) is 109 Å². The third-order valence-electron chi connectivity index (χ3n) is 9.02. The number of nitrogens with one attached hydrogen (secondary N) is 5. The maximum Gasteiger partial charge on any atom is 0.373 e. The minimum atomic E-state index is -0.186. The number of benzene rings is 2. The Morgan fingerprint density at radius 3 is 1.55 bits per heavy atom. The molecule has 0 radical (unpaired) electrons. The van der Waals surface area contributed by atoms with Crippen LogP contribution in [0.4, 0.5) is 21.0 Å². The fourth-order valence-electron chi connectivity index (χ4n) is 6.07. The fourth-order valence-corrected chi connectivity index (χ4v) is 6.07. The summed E-state index contributed by atoms with van der Waals surface area (Å²) < 4.78 is 10.5. The zero-order valence-corrected chi connectivity index (χ0v) is 33.2. The number of piperidine rings is 2. The molecule has 0 spiro atoms. The molecule has 1 atom stereocenters. The zero-order valence-electron chi connectivity index (χ0n) is 31.6. The quantitative estimate of drug-likeness (QED) is 0.196. The molecular formula is C40H64Cl2N6O7. The summed E-state index contributed by atoms with van der Waals surface area (Å²) in [4.78, 5) is 54.5. The van der Waals surface area contributed by atoms with E-state index in [0.717, 1.165) is 88.4 Å². The summed E-state index contributed by atoms with van der Waals surface area (Å²) in [6.07, 6.45) is 9.66. The monoisotopic (exact) mass is 811 g/mol. The smallest absolute Gasteiger partial charge is 0.373 e. The Hall–Kier alpha value is -3.71. The highest BCUT2D eigenvalue weighted by Gasteiger charge is 2.30. The van der Waals surface area contributed by atoms with Crippen LogP contribution in [-0.2, 0) is 23.9 Å². The van der Waals surface area contributed by atoms with Gasteiger partial charge in [0.05, 0.1) is 17.9 Å². The van der Waals surface area contributed by atoms with Gasteiger partial charge in [-0.3, -0.25) is 4.79 Å². The molecule has 13 nitrogen and oxygen atoms in total. The number of urea groups is 2. The number of amides is 5. The Bertz CT molecular complexity index is 1350. The first-order valence-corrected chi connectivity index (χ1v) is 19.8. The Labute approximate surface area is 338 Å². The van der Waals surface area contributed by atoms with Gasteiger partial charge in [0.2, 0.25) is 5.91 Å². The summed E-state index contributed by atoms with van der Waals surface area (Å²) in [5.74, 6) is 0.227. The molecule has 4 fully saturated rings. The molecule has 5 amide bonds. The predicted octanol–water partition coefficient (Wildman–Crippen LogP) is 7.31. The van der Waals surface area contributed by atoms with Crippen molar-refractivity contribution < 1.29 is 34.9 Å². The minimum Gasteiger partial charge on any atom is -0.381 e. The Morgan fingerprint density at radius 2 is 1.16 bits per heavy atom. The number of ether oxygens (including phenoxy) is 2. The summed E-state index contributed by atoms with van der Waals surface area (Å²) in [5, 5.41) is 15.2. The number of likely N-dealkylation sites (tertiary alicyclic amines) is 1. The highest BCUT2D eigenvalue weighted by Crippen LogP contribution is 2.20. The number of aryl methyl sites for hydroxylation is 2. The maximum absolute atomic E-state index is 12.5. The molecule has 0 aliphatic carbocycles. The molecule has 0 saturated carbocycles. The molecular weight excluding hydrogens is 747 g/mol. The molecule has 4 aliphatic rings. The molecule has 0 aromatic heterocycles. The van der Waals surface area contributed by atoms with Gasteiger partial charge in [0.1, 0.15) is 0 Å². The van der Waals surface area contributed by atoms with Gasteiger partial charge >= 0.3 is 18.2 Å². The molecule has 55 heavy (non-hydrogen) atoms. The number of carbonyl (C=O) groups is 3. The molecule has 15 heteroatoms. The molecule has 1 unspecified atom stereocenters. The van der Waals surface area contributed by atoms with Crippen LogP contribution in [0, 0.1) is 19.8 Å². The molecule has 2 aromatic rings. The van der Waals surface area contributed by atoms with E-state index in [1.165, 1.54) is 24.8 Å². The predicted molar refractivity (Wildman–Crippen MR) is 221 cm³/mol. The van der Waals surface area contributed by atoms with Crippen molar-refractivity contribution in [3.8, 4) is 0 Å². The van der Waals surface area contributed by atoms with Crippen molar-refractivity contribution in [3.63, 3.8) is 0 Å². The number of hydrogen-bond donors (Lipinski definition) is 5. The van der Waals surface area contributed by atoms with Crippen molar-refractivity contribution >= 4 is 58.7 Å². The van der Waals surface area contributed by atoms with Crippen molar-refractivity contribution in [1.29, 1.82) is 0 Å². The maximum atomic E-state index is 12.5. The summed E-state index contributed by atoms with van der Waals surface area (Å²) in [6, 6.07) is 15.6. The van der Waals surface area contributed by atoms with Crippen molar-refractivity contribution in [1.82, 2.24) is 20.9 Å². The van der Waals surface area contributed by atoms with Gasteiger partial charge in [-0.1, -0.05) is 42.8 Å². The van der Waals surface area contributed by atoms with Crippen LogP contribution in [0.2, 0.25) is 0 Å². The summed E-state index contributed by atoms with van der Waals surface area (Å²) in [7, 11) is 0. The van der Waals surface area contributed by atoms with Gasteiger partial charge < -0.3 is 41.0 Å². The van der Waals surface area contributed by atoms with Crippen LogP contribution in [0.25, 0.3) is 0 Å². The van der Waals surface area contributed by atoms with E-state index in [9.17, 15) is 14.4 Å². The average Bonchev–Trinajstić information content (AvgIpc) is 3.19. The van der Waals surface area contributed by atoms with E-state index in [1.807, 2.05) is 67.3 Å². The van der Waals surface area contributed by atoms with Crippen LogP contribution in [0.15, 0.2) is 48.5 Å². The van der Waals surface area contributed by atoms with E-state index in [1.54, 1.807) is 0 Å². The first-order valence-electron chi connectivity index (χ1n) is 18.7. The number of carbonyl (C=O) groups excluding carboxylic acids is 5. The van der Waals surface area contributed by atoms with Crippen LogP contribution in [0.3, 0.4) is 0 Å². The second-order valence-corrected chi connectivity index (χ2v) is 14.1. The lowest BCUT2D eigenvalue weighted by atomic mass is 9.98. The van der Waals surface area contributed by atoms with E-state index >= 15 is 0 Å². The van der Waals surface area contributed by atoms with E-state index in [-0.39, 0.29) is 50.3 Å². The molecule has 0 bridgehead atoms. The van der Waals surface area contributed by atoms with Gasteiger partial charge in [-0.2, -0.15) is 9.59 Å². The number of anilines is 2. The van der Waals surface area contributed by atoms with Gasteiger partial charge in [0, 0.05) is 57.8 Å². The van der Waals surface area contributed by atoms with Crippen LogP contribution >= 0.6 is 23.2 Å². The second kappa shape index (κ2) is 30.5. The van der Waals surface area contributed by atoms with Gasteiger partial charge in [0.25, 0.3) is 0 Å². The zero-order chi connectivity index (χ0) is 39.4. The first-order chi connectivity index (χ1) is 26.2. The molecule has 2 aromatic carbocycles. The third kappa shape index (κ3) is 22.4. The topological polar surface area (TPSA) is 167 Å². The first kappa shape index (κ1) is 49.3. The second-order valence-electron chi connectivity index (χ2n) is 13.3. The van der Waals surface area contributed by atoms with Crippen molar-refractivity contribution in [2.45, 2.75) is 91.1 Å². The molecule has 4 saturated heterocycles. The fraction of sp³-hybridized carbons (Fsp3) is 0.600. The third-order valence-corrected chi connectivity index (χ3v) is 9.02. The Kier molecular flexibility index (Phi) is 27.3. The lowest BCUT2D eigenvalue weighted by Crippen LogP contribution is -2.49. The molecule has 5 N–H and O–H groups in total. The van der Waals surface area contributed by atoms with Crippen LogP contribution < -0.4 is 26.6 Å². The summed E-state index contributed by atoms with van der Waals surface area (Å²) >= 11 is 9.53. The summed E-state index contributed by atoms with van der Waals surface area (Å²) in [6.45, 7) is 10.7. The average molecular weight is 813 g/mol. The van der Waals surface area contributed by atoms with Crippen LogP contribution in [-0.4, -0.2) is 99.1 Å². The van der Waals surface area contributed by atoms with Crippen molar-refractivity contribution in [2.75, 3.05) is 68.6 Å². The van der Waals surface area contributed by atoms with E-state index in [0.29, 0.717) is 25.7 Å². The standard InChI is InChI=1S/C19H27N3O3.C13H19N3O.C5H10O.CH2Cl2.CO2.CH4.H2/c1-14-4-6-16(7-5-14)20-19(24)21-17-8-10-22(11-9-17)18(23)15-3-2-12-25-13-15;1-10-2-4-11(5-3-10)15-13(17)16-12-6-8-14-9-7-12;1-2-4-6-5-3-1;2*2-1-3;;/h4-7,15,17H,2-3,8-13H2,1H3,(H2,20,21,24);2-5,12,14H,6-9H2,1H3,(H2,15,16,17);1-5H2;1H2;;1H4;1H/i;;;;;;1+1. The lowest BCUT2D eigenvalue weighted by Gasteiger charge is -2.35. The number of hydrogen-bond acceptors (Lipinski definition) is 8. The molecule has 4 aliphatic heterocycles. The minimum absolute atomic E-state index is 0. The number of rotatable bonds is 5. The normalized spacial score (nSPS) is 18.0. The number of halogens is 2. The van der Waals surface area contributed by atoms with Crippen molar-refractivity contribution in [2.24, 2.45) is 5.92 Å². The highest BCUT2D eigenvalue weighted by atomic mass is 35.5. The van der Waals surface area contributed by atoms with Crippen LogP contribution in [0.1, 0.15) is 77.8 Å². The Balaban J connectivity index is 0.000000840. The van der Waals surface area contributed by atoms with Crippen LogP contribution in [0.5, 0.6) is 0 Å².